The second-order valence-corrected chi connectivity index (χ2v) is 21.7. The number of benzene rings is 6. The third kappa shape index (κ3) is 8.18. The van der Waals surface area contributed by atoms with Crippen molar-refractivity contribution in [2.45, 2.75) is 113 Å². The van der Waals surface area contributed by atoms with E-state index in [9.17, 15) is 0 Å². The summed E-state index contributed by atoms with van der Waals surface area (Å²) in [4.78, 5) is 9.83. The van der Waals surface area contributed by atoms with E-state index in [-0.39, 0.29) is 37.3 Å². The van der Waals surface area contributed by atoms with Gasteiger partial charge < -0.3 is 14.4 Å². The molecule has 1 aliphatic heterocycles. The van der Waals surface area contributed by atoms with Crippen LogP contribution in [0.2, 0.25) is 0 Å². The number of hydrogen-bond donors (Lipinski definition) is 0. The fraction of sp³-hybridized carbons (Fsp3) is 0.290. The predicted molar refractivity (Wildman–Crippen MR) is 279 cm³/mol. The molecule has 0 atom stereocenters. The summed E-state index contributed by atoms with van der Waals surface area (Å²) >= 11 is 0. The van der Waals surface area contributed by atoms with Gasteiger partial charge in [0.25, 0.3) is 0 Å². The van der Waals surface area contributed by atoms with Crippen molar-refractivity contribution in [2.75, 3.05) is 9.80 Å². The molecule has 0 N–H and O–H groups in total. The Balaban J connectivity index is 0.00000608. The molecule has 67 heavy (non-hydrogen) atoms. The summed E-state index contributed by atoms with van der Waals surface area (Å²) in [5.41, 5.74) is 17.8. The molecule has 0 saturated heterocycles. The number of pyridine rings is 1. The molecule has 346 valence electrons. The van der Waals surface area contributed by atoms with Crippen LogP contribution in [-0.2, 0) is 37.3 Å². The molecular formula is C62H65N4Pt-3. The number of para-hydroxylation sites is 1. The first kappa shape index (κ1) is 47.8. The Labute approximate surface area is 415 Å². The molecule has 0 radical (unpaired) electrons. The number of fused-ring (bicyclic) bond motifs is 3. The molecule has 0 aliphatic carbocycles. The first-order chi connectivity index (χ1) is 31.2. The van der Waals surface area contributed by atoms with Crippen LogP contribution in [0.15, 0.2) is 139 Å². The number of hydrogen-bond acceptors (Lipinski definition) is 3. The maximum atomic E-state index is 5.05. The van der Waals surface area contributed by atoms with Crippen LogP contribution >= 0.6 is 0 Å². The van der Waals surface area contributed by atoms with Crippen molar-refractivity contribution in [2.24, 2.45) is 5.41 Å². The van der Waals surface area contributed by atoms with Crippen molar-refractivity contribution in [1.82, 2.24) is 9.55 Å². The fourth-order valence-corrected chi connectivity index (χ4v) is 10.1. The van der Waals surface area contributed by atoms with Crippen LogP contribution in [0.25, 0.3) is 27.6 Å². The minimum atomic E-state index is -0.835. The number of anilines is 2. The average molecular weight is 1060 g/mol. The van der Waals surface area contributed by atoms with E-state index in [0.29, 0.717) is 0 Å². The minimum Gasteiger partial charge on any atom is -0.497 e. The zero-order valence-electron chi connectivity index (χ0n) is 41.9. The first-order valence-electron chi connectivity index (χ1n) is 23.6. The van der Waals surface area contributed by atoms with Gasteiger partial charge in [0.1, 0.15) is 5.82 Å². The van der Waals surface area contributed by atoms with Crippen molar-refractivity contribution in [3.63, 3.8) is 0 Å². The molecular weight excluding hydrogens is 996 g/mol. The summed E-state index contributed by atoms with van der Waals surface area (Å²) in [6.45, 7) is 34.3. The molecule has 5 heteroatoms. The number of nitrogens with zero attached hydrogens (tertiary/aromatic N) is 4. The van der Waals surface area contributed by atoms with Crippen LogP contribution in [0.1, 0.15) is 124 Å². The summed E-state index contributed by atoms with van der Waals surface area (Å²) in [6, 6.07) is 52.9. The number of aromatic nitrogens is 2. The van der Waals surface area contributed by atoms with Gasteiger partial charge >= 0.3 is 0 Å². The molecule has 4 nitrogen and oxygen atoms in total. The third-order valence-corrected chi connectivity index (χ3v) is 14.4. The Bertz CT molecular complexity index is 3100. The largest absolute Gasteiger partial charge is 0.497 e. The van der Waals surface area contributed by atoms with Gasteiger partial charge in [0.15, 0.2) is 0 Å². The molecule has 0 unspecified atom stereocenters. The molecule has 6 aromatic carbocycles. The summed E-state index contributed by atoms with van der Waals surface area (Å²) in [5, 5.41) is 2.31. The van der Waals surface area contributed by atoms with E-state index in [1.54, 1.807) is 0 Å². The maximum absolute atomic E-state index is 5.05. The van der Waals surface area contributed by atoms with Crippen LogP contribution < -0.4 is 9.80 Å². The Hall–Kier alpha value is -5.70. The smallest absolute Gasteiger partial charge is 0.135 e. The fourth-order valence-electron chi connectivity index (χ4n) is 10.1. The summed E-state index contributed by atoms with van der Waals surface area (Å²) in [6.07, 6.45) is 4.30. The van der Waals surface area contributed by atoms with Crippen molar-refractivity contribution < 1.29 is 21.1 Å². The van der Waals surface area contributed by atoms with E-state index in [2.05, 4.69) is 258 Å². The van der Waals surface area contributed by atoms with E-state index < -0.39 is 5.41 Å². The Kier molecular flexibility index (Phi) is 12.4. The monoisotopic (exact) mass is 1060 g/mol. The summed E-state index contributed by atoms with van der Waals surface area (Å²) < 4.78 is 2.32. The van der Waals surface area contributed by atoms with Crippen molar-refractivity contribution in [3.05, 3.63) is 219 Å². The van der Waals surface area contributed by atoms with Gasteiger partial charge in [-0.25, -0.2) is 4.98 Å². The molecule has 0 spiro atoms. The Morgan fingerprint density at radius 2 is 1.07 bits per heavy atom. The van der Waals surface area contributed by atoms with Crippen molar-refractivity contribution in [3.8, 4) is 5.82 Å². The van der Waals surface area contributed by atoms with Crippen LogP contribution in [0, 0.1) is 58.8 Å². The molecule has 0 fully saturated rings. The van der Waals surface area contributed by atoms with Crippen LogP contribution in [0.3, 0.4) is 0 Å². The van der Waals surface area contributed by atoms with Gasteiger partial charge in [-0.15, -0.1) is 34.9 Å². The SMILES string of the molecule is Cc1c(C)c(C)c(N2C=C(C(C)(C)C)N(c3[c-]c(C(c4[c-]c5c(cc4)c4ccccc4n5-c4cc(C(C)(C)C)ccn4)(c4ccccc4)c4ccccc4)cc(C(C)(C)C)c3)[CH-]2)c(C)c1C.[Pt]. The topological polar surface area (TPSA) is 24.3 Å². The molecule has 3 heterocycles. The van der Waals surface area contributed by atoms with Crippen LogP contribution in [0.4, 0.5) is 11.4 Å². The van der Waals surface area contributed by atoms with Gasteiger partial charge in [-0.3, -0.25) is 0 Å². The van der Waals surface area contributed by atoms with Crippen LogP contribution in [0.5, 0.6) is 0 Å². The van der Waals surface area contributed by atoms with Crippen molar-refractivity contribution in [1.29, 1.82) is 0 Å². The molecule has 1 aliphatic rings. The second-order valence-electron chi connectivity index (χ2n) is 21.7. The van der Waals surface area contributed by atoms with Gasteiger partial charge in [-0.05, 0) is 120 Å². The minimum absolute atomic E-state index is 0. The Morgan fingerprint density at radius 3 is 1.66 bits per heavy atom. The van der Waals surface area contributed by atoms with Gasteiger partial charge in [0, 0.05) is 55.0 Å². The molecule has 0 bridgehead atoms. The van der Waals surface area contributed by atoms with E-state index >= 15 is 0 Å². The van der Waals surface area contributed by atoms with E-state index in [1.165, 1.54) is 55.7 Å². The zero-order chi connectivity index (χ0) is 47.1. The quantitative estimate of drug-likeness (QED) is 0.117. The maximum Gasteiger partial charge on any atom is 0.135 e. The molecule has 0 amide bonds. The molecule has 2 aromatic heterocycles. The van der Waals surface area contributed by atoms with Crippen molar-refractivity contribution >= 4 is 33.2 Å². The van der Waals surface area contributed by atoms with E-state index in [1.807, 2.05) is 6.20 Å². The van der Waals surface area contributed by atoms with Gasteiger partial charge in [0.05, 0.1) is 0 Å². The third-order valence-electron chi connectivity index (χ3n) is 14.4. The van der Waals surface area contributed by atoms with E-state index in [4.69, 9.17) is 4.98 Å². The average Bonchev–Trinajstić information content (AvgIpc) is 3.89. The number of allylic oxidation sites excluding steroid dienone is 1. The van der Waals surface area contributed by atoms with Crippen LogP contribution in [-0.4, -0.2) is 9.55 Å². The second kappa shape index (κ2) is 17.4. The standard InChI is InChI=1S/C62H65N4.Pt/c1-40-41(2)43(4)58(44(5)42(40)3)64-38-56(61(12,13)14)65(39-64)51-34-49(60(9,10)11)33-50(35-51)62(45-23-17-15-18-24-45,46-25-19-16-20-26-46)48-29-30-53-52-27-21-22-28-54(52)66(55(53)36-48)57-37-47(31-32-63-57)59(6,7)8;/h15-34,37-39H,1-14H3;/q-3;. The molecule has 9 rings (SSSR count). The normalized spacial score (nSPS) is 13.7. The van der Waals surface area contributed by atoms with Gasteiger partial charge in [0.2, 0.25) is 0 Å². The van der Waals surface area contributed by atoms with Gasteiger partial charge in [-0.2, -0.15) is 35.9 Å². The van der Waals surface area contributed by atoms with Gasteiger partial charge in [-0.1, -0.05) is 147 Å². The summed E-state index contributed by atoms with van der Waals surface area (Å²) in [5.74, 6) is 0.885. The zero-order valence-corrected chi connectivity index (χ0v) is 44.2. The Morgan fingerprint density at radius 1 is 0.507 bits per heavy atom. The predicted octanol–water partition coefficient (Wildman–Crippen LogP) is 15.6. The first-order valence-corrected chi connectivity index (χ1v) is 23.6. The van der Waals surface area contributed by atoms with E-state index in [0.717, 1.165) is 50.2 Å². The molecule has 8 aromatic rings. The number of rotatable bonds is 7. The molecule has 0 saturated carbocycles. The summed E-state index contributed by atoms with van der Waals surface area (Å²) in [7, 11) is 0.